The van der Waals surface area contributed by atoms with Gasteiger partial charge in [-0.3, -0.25) is 9.59 Å². The molecule has 2 aromatic rings. The number of carboxylic acids is 1. The molecule has 1 amide bonds. The van der Waals surface area contributed by atoms with Crippen LogP contribution < -0.4 is 0 Å². The van der Waals surface area contributed by atoms with Crippen LogP contribution in [-0.4, -0.2) is 40.0 Å². The molecule has 0 bridgehead atoms. The number of aliphatic carboxylic acids is 1. The zero-order valence-electron chi connectivity index (χ0n) is 10.5. The third-order valence-corrected chi connectivity index (χ3v) is 4.89. The van der Waals surface area contributed by atoms with Gasteiger partial charge in [-0.25, -0.2) is 4.98 Å². The predicted octanol–water partition coefficient (Wildman–Crippen LogP) is 2.42. The molecule has 0 radical (unpaired) electrons. The molecule has 0 saturated carbocycles. The van der Waals surface area contributed by atoms with Gasteiger partial charge in [-0.05, 0) is 17.9 Å². The molecule has 0 unspecified atom stereocenters. The molecule has 3 rings (SSSR count). The number of amides is 1. The Hall–Kier alpha value is -1.73. The Labute approximate surface area is 123 Å². The Balaban J connectivity index is 1.74. The van der Waals surface area contributed by atoms with Gasteiger partial charge in [-0.1, -0.05) is 0 Å². The summed E-state index contributed by atoms with van der Waals surface area (Å²) in [4.78, 5) is 29.1. The van der Waals surface area contributed by atoms with E-state index in [4.69, 9.17) is 5.11 Å². The van der Waals surface area contributed by atoms with Crippen molar-refractivity contribution in [3.05, 3.63) is 27.9 Å². The third kappa shape index (κ3) is 2.46. The van der Waals surface area contributed by atoms with Crippen LogP contribution >= 0.6 is 22.7 Å². The van der Waals surface area contributed by atoms with Crippen LogP contribution in [0.25, 0.3) is 10.6 Å². The lowest BCUT2D eigenvalue weighted by molar-refractivity contribution is -0.141. The smallest absolute Gasteiger partial charge is 0.308 e. The molecule has 0 aliphatic carbocycles. The fourth-order valence-corrected chi connectivity index (χ4v) is 3.71. The minimum Gasteiger partial charge on any atom is -0.481 e. The average molecular weight is 308 g/mol. The lowest BCUT2D eigenvalue weighted by Gasteiger charge is -2.13. The monoisotopic (exact) mass is 308 g/mol. The quantitative estimate of drug-likeness (QED) is 0.945. The Morgan fingerprint density at radius 3 is 2.90 bits per heavy atom. The van der Waals surface area contributed by atoms with Gasteiger partial charge >= 0.3 is 5.97 Å². The Morgan fingerprint density at radius 2 is 2.25 bits per heavy atom. The molecule has 1 fully saturated rings. The number of likely N-dealkylation sites (tertiary alicyclic amines) is 1. The number of hydrogen-bond donors (Lipinski definition) is 1. The van der Waals surface area contributed by atoms with Crippen LogP contribution in [0.15, 0.2) is 22.2 Å². The van der Waals surface area contributed by atoms with Gasteiger partial charge < -0.3 is 10.0 Å². The predicted molar refractivity (Wildman–Crippen MR) is 77.1 cm³/mol. The number of aromatic nitrogens is 1. The van der Waals surface area contributed by atoms with Crippen LogP contribution in [-0.2, 0) is 4.79 Å². The van der Waals surface area contributed by atoms with Gasteiger partial charge in [0.05, 0.1) is 5.92 Å². The van der Waals surface area contributed by atoms with Crippen molar-refractivity contribution in [2.24, 2.45) is 5.92 Å². The summed E-state index contributed by atoms with van der Waals surface area (Å²) in [7, 11) is 0. The largest absolute Gasteiger partial charge is 0.481 e. The van der Waals surface area contributed by atoms with Crippen molar-refractivity contribution in [1.29, 1.82) is 0 Å². The van der Waals surface area contributed by atoms with Crippen LogP contribution in [0, 0.1) is 5.92 Å². The standard InChI is InChI=1S/C13H12N2O3S2/c16-12(15-3-1-8(5-15)13(17)18)10-7-20-11(14-10)9-2-4-19-6-9/h2,4,6-8H,1,3,5H2,(H,17,18)/t8-/m1/s1. The normalized spacial score (nSPS) is 18.4. The van der Waals surface area contributed by atoms with Crippen molar-refractivity contribution >= 4 is 34.6 Å². The molecule has 20 heavy (non-hydrogen) atoms. The topological polar surface area (TPSA) is 70.5 Å². The van der Waals surface area contributed by atoms with E-state index in [9.17, 15) is 9.59 Å². The molecule has 1 aliphatic rings. The maximum atomic E-state index is 12.3. The Bertz CT molecular complexity index is 636. The number of nitrogens with zero attached hydrogens (tertiary/aromatic N) is 2. The van der Waals surface area contributed by atoms with E-state index in [0.29, 0.717) is 18.7 Å². The molecular weight excluding hydrogens is 296 g/mol. The lowest BCUT2D eigenvalue weighted by Crippen LogP contribution is -2.30. The number of thiazole rings is 1. The number of hydrogen-bond acceptors (Lipinski definition) is 5. The summed E-state index contributed by atoms with van der Waals surface area (Å²) in [5.74, 6) is -1.46. The van der Waals surface area contributed by atoms with E-state index >= 15 is 0 Å². The zero-order valence-corrected chi connectivity index (χ0v) is 12.1. The summed E-state index contributed by atoms with van der Waals surface area (Å²) in [6.07, 6.45) is 0.516. The summed E-state index contributed by atoms with van der Waals surface area (Å²) in [6, 6.07) is 1.97. The second kappa shape index (κ2) is 5.34. The Kier molecular flexibility index (Phi) is 3.54. The molecule has 5 nitrogen and oxygen atoms in total. The fraction of sp³-hybridized carbons (Fsp3) is 0.308. The van der Waals surface area contributed by atoms with Crippen LogP contribution in [0.2, 0.25) is 0 Å². The van der Waals surface area contributed by atoms with Crippen molar-refractivity contribution in [3.8, 4) is 10.6 Å². The van der Waals surface area contributed by atoms with Crippen LogP contribution in [0.3, 0.4) is 0 Å². The molecule has 0 aromatic carbocycles. The fourth-order valence-electron chi connectivity index (χ4n) is 2.20. The third-order valence-electron chi connectivity index (χ3n) is 3.32. The van der Waals surface area contributed by atoms with Gasteiger partial charge in [0.1, 0.15) is 10.7 Å². The molecule has 7 heteroatoms. The highest BCUT2D eigenvalue weighted by molar-refractivity contribution is 7.14. The molecular formula is C13H12N2O3S2. The minimum absolute atomic E-state index is 0.175. The lowest BCUT2D eigenvalue weighted by atomic mass is 10.1. The van der Waals surface area contributed by atoms with Gasteiger partial charge in [0.15, 0.2) is 0 Å². The summed E-state index contributed by atoms with van der Waals surface area (Å²) < 4.78 is 0. The Morgan fingerprint density at radius 1 is 1.40 bits per heavy atom. The first-order valence-electron chi connectivity index (χ1n) is 6.15. The average Bonchev–Trinajstić information content (AvgIpc) is 3.17. The van der Waals surface area contributed by atoms with E-state index in [1.807, 2.05) is 16.8 Å². The van der Waals surface area contributed by atoms with Crippen molar-refractivity contribution in [3.63, 3.8) is 0 Å². The summed E-state index contributed by atoms with van der Waals surface area (Å²) in [6.45, 7) is 0.764. The second-order valence-corrected chi connectivity index (χ2v) is 6.26. The number of carbonyl (C=O) groups excluding carboxylic acids is 1. The van der Waals surface area contributed by atoms with Crippen molar-refractivity contribution in [2.45, 2.75) is 6.42 Å². The number of carbonyl (C=O) groups is 2. The summed E-state index contributed by atoms with van der Waals surface area (Å²) in [5.41, 5.74) is 1.42. The minimum atomic E-state index is -0.836. The zero-order chi connectivity index (χ0) is 14.1. The molecule has 1 atom stereocenters. The summed E-state index contributed by atoms with van der Waals surface area (Å²) in [5, 5.41) is 15.5. The van der Waals surface area contributed by atoms with E-state index in [1.165, 1.54) is 11.3 Å². The van der Waals surface area contributed by atoms with Gasteiger partial charge in [0.25, 0.3) is 5.91 Å². The van der Waals surface area contributed by atoms with Crippen molar-refractivity contribution in [1.82, 2.24) is 9.88 Å². The van der Waals surface area contributed by atoms with E-state index in [1.54, 1.807) is 21.6 Å². The molecule has 1 N–H and O–H groups in total. The SMILES string of the molecule is O=C(O)[C@@H]1CCN(C(=O)c2csc(-c3ccsc3)n2)C1. The van der Waals surface area contributed by atoms with E-state index in [0.717, 1.165) is 10.6 Å². The number of rotatable bonds is 3. The van der Waals surface area contributed by atoms with Gasteiger partial charge in [0.2, 0.25) is 0 Å². The van der Waals surface area contributed by atoms with E-state index < -0.39 is 11.9 Å². The highest BCUT2D eigenvalue weighted by atomic mass is 32.1. The maximum Gasteiger partial charge on any atom is 0.308 e. The van der Waals surface area contributed by atoms with Crippen LogP contribution in [0.4, 0.5) is 0 Å². The second-order valence-electron chi connectivity index (χ2n) is 4.62. The van der Waals surface area contributed by atoms with E-state index in [-0.39, 0.29) is 12.5 Å². The maximum absolute atomic E-state index is 12.3. The van der Waals surface area contributed by atoms with Crippen LogP contribution in [0.5, 0.6) is 0 Å². The summed E-state index contributed by atoms with van der Waals surface area (Å²) >= 11 is 3.02. The first-order chi connectivity index (χ1) is 9.65. The first-order valence-corrected chi connectivity index (χ1v) is 7.97. The van der Waals surface area contributed by atoms with Crippen molar-refractivity contribution < 1.29 is 14.7 Å². The van der Waals surface area contributed by atoms with Crippen LogP contribution in [0.1, 0.15) is 16.9 Å². The molecule has 2 aromatic heterocycles. The molecule has 3 heterocycles. The molecule has 1 saturated heterocycles. The molecule has 104 valence electrons. The first kappa shape index (κ1) is 13.3. The number of carboxylic acid groups (broad SMARTS) is 1. The van der Waals surface area contributed by atoms with Gasteiger partial charge in [-0.15, -0.1) is 11.3 Å². The van der Waals surface area contributed by atoms with E-state index in [2.05, 4.69) is 4.98 Å². The molecule has 0 spiro atoms. The number of thiophene rings is 1. The van der Waals surface area contributed by atoms with Crippen molar-refractivity contribution in [2.75, 3.05) is 13.1 Å². The van der Waals surface area contributed by atoms with Gasteiger partial charge in [0, 0.05) is 29.4 Å². The van der Waals surface area contributed by atoms with Gasteiger partial charge in [-0.2, -0.15) is 11.3 Å². The highest BCUT2D eigenvalue weighted by Gasteiger charge is 2.32. The highest BCUT2D eigenvalue weighted by Crippen LogP contribution is 2.27. The molecule has 1 aliphatic heterocycles.